The second-order valence-corrected chi connectivity index (χ2v) is 5.15. The number of hydrogen-bond acceptors (Lipinski definition) is 3. The number of nitrogens with zero attached hydrogens (tertiary/aromatic N) is 2. The summed E-state index contributed by atoms with van der Waals surface area (Å²) >= 11 is 0. The number of aryl methyl sites for hydroxylation is 1. The Hall–Kier alpha value is -1.55. The van der Waals surface area contributed by atoms with Crippen molar-refractivity contribution in [3.05, 3.63) is 29.8 Å². The number of rotatable bonds is 3. The molecule has 0 N–H and O–H groups in total. The highest BCUT2D eigenvalue weighted by molar-refractivity contribution is 5.81. The van der Waals surface area contributed by atoms with Crippen LogP contribution in [0.5, 0.6) is 5.75 Å². The smallest absolute Gasteiger partial charge is 0.263 e. The SMILES string of the molecule is Cc1ccccc1O[C@@H](C)C(=O)N1CCN(C)CC1. The first-order valence-electron chi connectivity index (χ1n) is 6.77. The summed E-state index contributed by atoms with van der Waals surface area (Å²) in [6.45, 7) is 7.26. The fourth-order valence-corrected chi connectivity index (χ4v) is 2.21. The van der Waals surface area contributed by atoms with E-state index in [-0.39, 0.29) is 5.91 Å². The quantitative estimate of drug-likeness (QED) is 0.828. The van der Waals surface area contributed by atoms with Gasteiger partial charge in [-0.2, -0.15) is 0 Å². The monoisotopic (exact) mass is 262 g/mol. The molecule has 1 aliphatic heterocycles. The van der Waals surface area contributed by atoms with Gasteiger partial charge in [-0.3, -0.25) is 4.79 Å². The van der Waals surface area contributed by atoms with Gasteiger partial charge in [0, 0.05) is 26.2 Å². The van der Waals surface area contributed by atoms with E-state index in [1.54, 1.807) is 0 Å². The van der Waals surface area contributed by atoms with Gasteiger partial charge < -0.3 is 14.5 Å². The number of piperazine rings is 1. The van der Waals surface area contributed by atoms with Gasteiger partial charge in [-0.15, -0.1) is 0 Å². The fraction of sp³-hybridized carbons (Fsp3) is 0.533. The third-order valence-electron chi connectivity index (χ3n) is 3.56. The summed E-state index contributed by atoms with van der Waals surface area (Å²) in [5.74, 6) is 0.869. The van der Waals surface area contributed by atoms with Crippen molar-refractivity contribution < 1.29 is 9.53 Å². The number of amides is 1. The van der Waals surface area contributed by atoms with Gasteiger partial charge >= 0.3 is 0 Å². The van der Waals surface area contributed by atoms with Crippen molar-refractivity contribution in [3.63, 3.8) is 0 Å². The predicted octanol–water partition coefficient (Wildman–Crippen LogP) is 1.54. The maximum Gasteiger partial charge on any atom is 0.263 e. The van der Waals surface area contributed by atoms with Crippen LogP contribution in [-0.2, 0) is 4.79 Å². The lowest BCUT2D eigenvalue weighted by molar-refractivity contribution is -0.139. The fourth-order valence-electron chi connectivity index (χ4n) is 2.21. The average Bonchev–Trinajstić information content (AvgIpc) is 2.41. The summed E-state index contributed by atoms with van der Waals surface area (Å²) in [5.41, 5.74) is 1.06. The molecule has 2 rings (SSSR count). The molecule has 1 heterocycles. The molecule has 0 saturated carbocycles. The van der Waals surface area contributed by atoms with Crippen LogP contribution < -0.4 is 4.74 Å². The third kappa shape index (κ3) is 3.47. The number of carbonyl (C=O) groups is 1. The van der Waals surface area contributed by atoms with Crippen molar-refractivity contribution in [2.45, 2.75) is 20.0 Å². The van der Waals surface area contributed by atoms with Crippen molar-refractivity contribution in [1.82, 2.24) is 9.80 Å². The molecule has 1 aliphatic rings. The highest BCUT2D eigenvalue weighted by atomic mass is 16.5. The number of hydrogen-bond donors (Lipinski definition) is 0. The second kappa shape index (κ2) is 6.06. The minimum Gasteiger partial charge on any atom is -0.481 e. The van der Waals surface area contributed by atoms with Crippen molar-refractivity contribution in [2.24, 2.45) is 0 Å². The first kappa shape index (κ1) is 13.9. The topological polar surface area (TPSA) is 32.8 Å². The molecule has 0 radical (unpaired) electrons. The third-order valence-corrected chi connectivity index (χ3v) is 3.56. The summed E-state index contributed by atoms with van der Waals surface area (Å²) in [6.07, 6.45) is -0.426. The zero-order valence-electron chi connectivity index (χ0n) is 11.9. The van der Waals surface area contributed by atoms with Gasteiger partial charge in [0.15, 0.2) is 6.10 Å². The lowest BCUT2D eigenvalue weighted by Gasteiger charge is -2.34. The maximum absolute atomic E-state index is 12.3. The normalized spacial score (nSPS) is 18.2. The van der Waals surface area contributed by atoms with Crippen molar-refractivity contribution >= 4 is 5.91 Å². The van der Waals surface area contributed by atoms with Crippen LogP contribution in [0.1, 0.15) is 12.5 Å². The molecule has 1 aromatic carbocycles. The standard InChI is InChI=1S/C15H22N2O2/c1-12-6-4-5-7-14(12)19-13(2)15(18)17-10-8-16(3)9-11-17/h4-7,13H,8-11H2,1-3H3/t13-/m0/s1. The Morgan fingerprint density at radius 2 is 1.84 bits per heavy atom. The first-order valence-corrected chi connectivity index (χ1v) is 6.77. The van der Waals surface area contributed by atoms with Crippen LogP contribution in [0.15, 0.2) is 24.3 Å². The molecule has 1 atom stereocenters. The van der Waals surface area contributed by atoms with Crippen LogP contribution in [0, 0.1) is 6.92 Å². The molecule has 0 bridgehead atoms. The number of likely N-dealkylation sites (N-methyl/N-ethyl adjacent to an activating group) is 1. The van der Waals surface area contributed by atoms with Crippen molar-refractivity contribution in [1.29, 1.82) is 0 Å². The zero-order chi connectivity index (χ0) is 13.8. The molecule has 0 aromatic heterocycles. The van der Waals surface area contributed by atoms with Gasteiger partial charge in [0.05, 0.1) is 0 Å². The summed E-state index contributed by atoms with van der Waals surface area (Å²) < 4.78 is 5.78. The number of para-hydroxylation sites is 1. The Morgan fingerprint density at radius 3 is 2.47 bits per heavy atom. The largest absolute Gasteiger partial charge is 0.481 e. The molecule has 1 fully saturated rings. The van der Waals surface area contributed by atoms with E-state index in [0.29, 0.717) is 0 Å². The molecule has 1 amide bonds. The Kier molecular flexibility index (Phi) is 4.43. The molecule has 19 heavy (non-hydrogen) atoms. The molecular weight excluding hydrogens is 240 g/mol. The van der Waals surface area contributed by atoms with Crippen LogP contribution in [0.3, 0.4) is 0 Å². The molecule has 4 nitrogen and oxygen atoms in total. The van der Waals surface area contributed by atoms with E-state index in [9.17, 15) is 4.79 Å². The summed E-state index contributed by atoms with van der Waals surface area (Å²) in [6, 6.07) is 7.79. The summed E-state index contributed by atoms with van der Waals surface area (Å²) in [5, 5.41) is 0. The highest BCUT2D eigenvalue weighted by Crippen LogP contribution is 2.18. The average molecular weight is 262 g/mol. The lowest BCUT2D eigenvalue weighted by atomic mass is 10.2. The van der Waals surface area contributed by atoms with Crippen molar-refractivity contribution in [2.75, 3.05) is 33.2 Å². The summed E-state index contributed by atoms with van der Waals surface area (Å²) in [4.78, 5) is 16.4. The minimum absolute atomic E-state index is 0.0800. The molecule has 1 aromatic rings. The van der Waals surface area contributed by atoms with Gasteiger partial charge in [0.1, 0.15) is 5.75 Å². The van der Waals surface area contributed by atoms with Gasteiger partial charge in [0.2, 0.25) is 0 Å². The molecular formula is C15H22N2O2. The maximum atomic E-state index is 12.3. The number of benzene rings is 1. The number of carbonyl (C=O) groups excluding carboxylic acids is 1. The Bertz CT molecular complexity index is 440. The van der Waals surface area contributed by atoms with Gasteiger partial charge in [0.25, 0.3) is 5.91 Å². The van der Waals surface area contributed by atoms with Gasteiger partial charge in [-0.25, -0.2) is 0 Å². The van der Waals surface area contributed by atoms with E-state index in [1.807, 2.05) is 43.0 Å². The van der Waals surface area contributed by atoms with Crippen molar-refractivity contribution in [3.8, 4) is 5.75 Å². The van der Waals surface area contributed by atoms with Crippen LogP contribution in [0.2, 0.25) is 0 Å². The van der Waals surface area contributed by atoms with Crippen LogP contribution in [0.25, 0.3) is 0 Å². The molecule has 0 spiro atoms. The Labute approximate surface area is 115 Å². The molecule has 104 valence electrons. The van der Waals surface area contributed by atoms with E-state index in [4.69, 9.17) is 4.74 Å². The van der Waals surface area contributed by atoms with Gasteiger partial charge in [-0.05, 0) is 32.5 Å². The lowest BCUT2D eigenvalue weighted by Crippen LogP contribution is -2.50. The second-order valence-electron chi connectivity index (χ2n) is 5.15. The zero-order valence-corrected chi connectivity index (χ0v) is 11.9. The predicted molar refractivity (Wildman–Crippen MR) is 75.3 cm³/mol. The molecule has 0 aliphatic carbocycles. The first-order chi connectivity index (χ1) is 9.08. The highest BCUT2D eigenvalue weighted by Gasteiger charge is 2.25. The molecule has 1 saturated heterocycles. The van der Waals surface area contributed by atoms with Crippen LogP contribution >= 0.6 is 0 Å². The summed E-state index contributed by atoms with van der Waals surface area (Å²) in [7, 11) is 2.08. The minimum atomic E-state index is -0.426. The number of ether oxygens (including phenoxy) is 1. The molecule has 4 heteroatoms. The van der Waals surface area contributed by atoms with Crippen LogP contribution in [-0.4, -0.2) is 55.0 Å². The molecule has 0 unspecified atom stereocenters. The van der Waals surface area contributed by atoms with E-state index < -0.39 is 6.10 Å². The van der Waals surface area contributed by atoms with E-state index in [0.717, 1.165) is 37.5 Å². The van der Waals surface area contributed by atoms with Crippen LogP contribution in [0.4, 0.5) is 0 Å². The van der Waals surface area contributed by atoms with E-state index in [2.05, 4.69) is 11.9 Å². The Morgan fingerprint density at radius 1 is 1.21 bits per heavy atom. The Balaban J connectivity index is 1.94. The van der Waals surface area contributed by atoms with Gasteiger partial charge in [-0.1, -0.05) is 18.2 Å². The van der Waals surface area contributed by atoms with E-state index in [1.165, 1.54) is 0 Å². The van der Waals surface area contributed by atoms with E-state index >= 15 is 0 Å².